The molecule has 0 saturated carbocycles. The van der Waals surface area contributed by atoms with Crippen molar-refractivity contribution >= 4 is 11.0 Å². The van der Waals surface area contributed by atoms with E-state index >= 15 is 0 Å². The molecule has 0 spiro atoms. The van der Waals surface area contributed by atoms with Gasteiger partial charge in [-0.25, -0.2) is 4.98 Å². The first-order valence-corrected chi connectivity index (χ1v) is 9.09. The van der Waals surface area contributed by atoms with Crippen LogP contribution in [0.4, 0.5) is 0 Å². The molecule has 0 aliphatic heterocycles. The number of H-pyrrole nitrogens is 1. The SMILES string of the molecule is Cn1cc(-c2cnc3[nH]cc(-c4nnc(CCc5ccccc5)o4)c3c2)cn1. The average molecular weight is 370 g/mol. The second-order valence-electron chi connectivity index (χ2n) is 6.71. The third-order valence-electron chi connectivity index (χ3n) is 4.74. The van der Waals surface area contributed by atoms with E-state index in [0.29, 0.717) is 18.2 Å². The molecule has 138 valence electrons. The van der Waals surface area contributed by atoms with E-state index in [4.69, 9.17) is 4.42 Å². The second-order valence-corrected chi connectivity index (χ2v) is 6.71. The summed E-state index contributed by atoms with van der Waals surface area (Å²) in [6.45, 7) is 0. The summed E-state index contributed by atoms with van der Waals surface area (Å²) in [6, 6.07) is 12.4. The number of aromatic nitrogens is 6. The van der Waals surface area contributed by atoms with Crippen LogP contribution >= 0.6 is 0 Å². The molecule has 4 heterocycles. The summed E-state index contributed by atoms with van der Waals surface area (Å²) in [5.41, 5.74) is 4.89. The van der Waals surface area contributed by atoms with Crippen LogP contribution in [0.1, 0.15) is 11.5 Å². The molecule has 0 bridgehead atoms. The van der Waals surface area contributed by atoms with Crippen LogP contribution in [0, 0.1) is 0 Å². The molecule has 0 amide bonds. The van der Waals surface area contributed by atoms with Crippen LogP contribution in [-0.4, -0.2) is 29.9 Å². The smallest absolute Gasteiger partial charge is 0.249 e. The average Bonchev–Trinajstić information content (AvgIpc) is 3.46. The van der Waals surface area contributed by atoms with Gasteiger partial charge < -0.3 is 9.40 Å². The van der Waals surface area contributed by atoms with Gasteiger partial charge in [-0.3, -0.25) is 4.68 Å². The normalized spacial score (nSPS) is 11.3. The van der Waals surface area contributed by atoms with E-state index in [-0.39, 0.29) is 0 Å². The number of nitrogens with one attached hydrogen (secondary N) is 1. The predicted molar refractivity (Wildman–Crippen MR) is 105 cm³/mol. The van der Waals surface area contributed by atoms with Gasteiger partial charge in [0.1, 0.15) is 5.65 Å². The minimum atomic E-state index is 0.499. The molecule has 7 nitrogen and oxygen atoms in total. The molecule has 5 aromatic rings. The van der Waals surface area contributed by atoms with E-state index < -0.39 is 0 Å². The first kappa shape index (κ1) is 16.4. The summed E-state index contributed by atoms with van der Waals surface area (Å²) in [5, 5.41) is 13.6. The fourth-order valence-electron chi connectivity index (χ4n) is 3.27. The summed E-state index contributed by atoms with van der Waals surface area (Å²) < 4.78 is 7.69. The molecule has 5 rings (SSSR count). The number of benzene rings is 1. The zero-order chi connectivity index (χ0) is 18.9. The van der Waals surface area contributed by atoms with Crippen molar-refractivity contribution in [1.29, 1.82) is 0 Å². The van der Waals surface area contributed by atoms with Crippen molar-refractivity contribution in [2.24, 2.45) is 7.05 Å². The van der Waals surface area contributed by atoms with Crippen LogP contribution in [0.25, 0.3) is 33.6 Å². The third-order valence-corrected chi connectivity index (χ3v) is 4.74. The van der Waals surface area contributed by atoms with Crippen LogP contribution < -0.4 is 0 Å². The van der Waals surface area contributed by atoms with Gasteiger partial charge in [-0.15, -0.1) is 10.2 Å². The molecule has 0 fully saturated rings. The minimum absolute atomic E-state index is 0.499. The van der Waals surface area contributed by atoms with Crippen LogP contribution in [-0.2, 0) is 19.9 Å². The first-order valence-electron chi connectivity index (χ1n) is 9.09. The molecule has 0 aliphatic rings. The predicted octanol–water partition coefficient (Wildman–Crippen LogP) is 3.80. The number of aromatic amines is 1. The first-order chi connectivity index (χ1) is 13.8. The number of aryl methyl sites for hydroxylation is 3. The molecule has 0 radical (unpaired) electrons. The largest absolute Gasteiger partial charge is 0.421 e. The zero-order valence-electron chi connectivity index (χ0n) is 15.3. The molecule has 0 aliphatic carbocycles. The maximum absolute atomic E-state index is 5.92. The van der Waals surface area contributed by atoms with Gasteiger partial charge in [0.25, 0.3) is 0 Å². The Morgan fingerprint density at radius 1 is 1.04 bits per heavy atom. The Bertz CT molecular complexity index is 1230. The van der Waals surface area contributed by atoms with Gasteiger partial charge in [-0.05, 0) is 18.1 Å². The topological polar surface area (TPSA) is 85.4 Å². The van der Waals surface area contributed by atoms with E-state index in [0.717, 1.165) is 34.1 Å². The Labute approximate surface area is 161 Å². The molecule has 0 saturated heterocycles. The molecule has 4 aromatic heterocycles. The summed E-state index contributed by atoms with van der Waals surface area (Å²) in [4.78, 5) is 7.69. The lowest BCUT2D eigenvalue weighted by Crippen LogP contribution is -1.90. The van der Waals surface area contributed by atoms with Gasteiger partial charge in [0, 0.05) is 48.6 Å². The molecule has 0 unspecified atom stereocenters. The minimum Gasteiger partial charge on any atom is -0.421 e. The summed E-state index contributed by atoms with van der Waals surface area (Å²) >= 11 is 0. The third kappa shape index (κ3) is 3.07. The van der Waals surface area contributed by atoms with E-state index in [2.05, 4.69) is 43.5 Å². The Morgan fingerprint density at radius 2 is 1.93 bits per heavy atom. The number of hydrogen-bond acceptors (Lipinski definition) is 5. The lowest BCUT2D eigenvalue weighted by Gasteiger charge is -1.99. The van der Waals surface area contributed by atoms with Crippen LogP contribution in [0.5, 0.6) is 0 Å². The molecule has 7 heteroatoms. The van der Waals surface area contributed by atoms with E-state index in [1.54, 1.807) is 4.68 Å². The van der Waals surface area contributed by atoms with Crippen molar-refractivity contribution in [2.45, 2.75) is 12.8 Å². The van der Waals surface area contributed by atoms with Gasteiger partial charge >= 0.3 is 0 Å². The van der Waals surface area contributed by atoms with Crippen molar-refractivity contribution in [3.63, 3.8) is 0 Å². The number of fused-ring (bicyclic) bond motifs is 1. The second kappa shape index (κ2) is 6.77. The number of nitrogens with zero attached hydrogens (tertiary/aromatic N) is 5. The maximum Gasteiger partial charge on any atom is 0.249 e. The molecule has 28 heavy (non-hydrogen) atoms. The van der Waals surface area contributed by atoms with Crippen LogP contribution in [0.2, 0.25) is 0 Å². The van der Waals surface area contributed by atoms with Gasteiger partial charge in [-0.1, -0.05) is 30.3 Å². The number of pyridine rings is 1. The monoisotopic (exact) mass is 370 g/mol. The summed E-state index contributed by atoms with van der Waals surface area (Å²) in [5.74, 6) is 1.13. The highest BCUT2D eigenvalue weighted by Crippen LogP contribution is 2.30. The van der Waals surface area contributed by atoms with Crippen LogP contribution in [0.15, 0.2) is 65.6 Å². The maximum atomic E-state index is 5.92. The Kier molecular flexibility index (Phi) is 3.97. The van der Waals surface area contributed by atoms with Gasteiger partial charge in [0.15, 0.2) is 0 Å². The van der Waals surface area contributed by atoms with E-state index in [1.165, 1.54) is 5.56 Å². The fourth-order valence-corrected chi connectivity index (χ4v) is 3.27. The van der Waals surface area contributed by atoms with Crippen LogP contribution in [0.3, 0.4) is 0 Å². The highest BCUT2D eigenvalue weighted by atomic mass is 16.4. The van der Waals surface area contributed by atoms with Crippen molar-refractivity contribution in [2.75, 3.05) is 0 Å². The number of rotatable bonds is 5. The molecular formula is C21H18N6O. The van der Waals surface area contributed by atoms with Crippen molar-refractivity contribution in [3.8, 4) is 22.6 Å². The van der Waals surface area contributed by atoms with Crippen molar-refractivity contribution < 1.29 is 4.42 Å². The molecular weight excluding hydrogens is 352 g/mol. The molecule has 0 atom stereocenters. The summed E-state index contributed by atoms with van der Waals surface area (Å²) in [7, 11) is 1.90. The van der Waals surface area contributed by atoms with E-state index in [1.807, 2.05) is 50.0 Å². The summed E-state index contributed by atoms with van der Waals surface area (Å²) in [6.07, 6.45) is 9.05. The van der Waals surface area contributed by atoms with Gasteiger partial charge in [-0.2, -0.15) is 5.10 Å². The molecule has 1 aromatic carbocycles. The van der Waals surface area contributed by atoms with E-state index in [9.17, 15) is 0 Å². The molecule has 1 N–H and O–H groups in total. The Balaban J connectivity index is 1.44. The van der Waals surface area contributed by atoms with Crippen molar-refractivity contribution in [1.82, 2.24) is 29.9 Å². The Hall–Kier alpha value is -3.74. The lowest BCUT2D eigenvalue weighted by atomic mass is 10.1. The standard InChI is InChI=1S/C21H18N6O/c1-27-13-16(11-24-27)15-9-17-18(12-23-20(17)22-10-15)21-26-25-19(28-21)8-7-14-5-3-2-4-6-14/h2-6,9-13H,7-8H2,1H3,(H,22,23). The lowest BCUT2D eigenvalue weighted by molar-refractivity contribution is 0.505. The zero-order valence-corrected chi connectivity index (χ0v) is 15.3. The number of hydrogen-bond donors (Lipinski definition) is 1. The van der Waals surface area contributed by atoms with Gasteiger partial charge in [0.05, 0.1) is 11.8 Å². The van der Waals surface area contributed by atoms with Gasteiger partial charge in [0.2, 0.25) is 11.8 Å². The fraction of sp³-hybridized carbons (Fsp3) is 0.143. The highest BCUT2D eigenvalue weighted by Gasteiger charge is 2.15. The quantitative estimate of drug-likeness (QED) is 0.509. The van der Waals surface area contributed by atoms with Crippen molar-refractivity contribution in [3.05, 3.63) is 72.6 Å². The Morgan fingerprint density at radius 3 is 2.75 bits per heavy atom. The highest BCUT2D eigenvalue weighted by molar-refractivity contribution is 5.93.